The van der Waals surface area contributed by atoms with Gasteiger partial charge in [-0.05, 0) is 26.0 Å². The molecule has 0 radical (unpaired) electrons. The average Bonchev–Trinajstić information content (AvgIpc) is 2.90. The Labute approximate surface area is 129 Å². The minimum absolute atomic E-state index is 0.890. The quantitative estimate of drug-likeness (QED) is 0.946. The summed E-state index contributed by atoms with van der Waals surface area (Å²) in [4.78, 5) is 8.49. The first-order valence-corrected chi connectivity index (χ1v) is 8.09. The summed E-state index contributed by atoms with van der Waals surface area (Å²) in [6.07, 6.45) is 0. The molecule has 2 aromatic rings. The first-order valence-electron chi connectivity index (χ1n) is 7.27. The van der Waals surface area contributed by atoms with E-state index in [4.69, 9.17) is 9.72 Å². The molecule has 21 heavy (non-hydrogen) atoms. The number of anilines is 1. The van der Waals surface area contributed by atoms with Gasteiger partial charge in [-0.25, -0.2) is 4.98 Å². The Bertz CT molecular complexity index is 632. The van der Waals surface area contributed by atoms with Crippen LogP contribution in [0.3, 0.4) is 0 Å². The molecule has 1 N–H and O–H groups in total. The lowest BCUT2D eigenvalue weighted by Gasteiger charge is -2.26. The van der Waals surface area contributed by atoms with E-state index in [1.165, 1.54) is 10.4 Å². The average molecular weight is 303 g/mol. The lowest BCUT2D eigenvalue weighted by atomic mass is 10.1. The second-order valence-corrected chi connectivity index (χ2v) is 6.52. The molecule has 2 heterocycles. The van der Waals surface area contributed by atoms with Gasteiger partial charge in [0, 0.05) is 36.6 Å². The van der Waals surface area contributed by atoms with Crippen LogP contribution in [-0.2, 0) is 0 Å². The lowest BCUT2D eigenvalue weighted by Crippen LogP contribution is -2.43. The summed E-state index contributed by atoms with van der Waals surface area (Å²) >= 11 is 1.77. The molecule has 112 valence electrons. The highest BCUT2D eigenvalue weighted by Crippen LogP contribution is 2.37. The molecule has 1 aliphatic heterocycles. The van der Waals surface area contributed by atoms with Crippen LogP contribution in [0.1, 0.15) is 10.4 Å². The van der Waals surface area contributed by atoms with E-state index in [1.54, 1.807) is 18.4 Å². The van der Waals surface area contributed by atoms with E-state index in [0.29, 0.717) is 0 Å². The normalized spacial score (nSPS) is 15.3. The highest BCUT2D eigenvalue weighted by molar-refractivity contribution is 7.16. The Kier molecular flexibility index (Phi) is 4.12. The molecular weight excluding hydrogens is 282 g/mol. The van der Waals surface area contributed by atoms with Gasteiger partial charge in [0.25, 0.3) is 0 Å². The number of aromatic nitrogens is 1. The zero-order chi connectivity index (χ0) is 14.8. The first kappa shape index (κ1) is 14.4. The fraction of sp³-hybridized carbons (Fsp3) is 0.438. The van der Waals surface area contributed by atoms with E-state index in [1.807, 2.05) is 6.07 Å². The fourth-order valence-electron chi connectivity index (χ4n) is 2.63. The Morgan fingerprint density at radius 2 is 2.00 bits per heavy atom. The maximum Gasteiger partial charge on any atom is 0.186 e. The Balaban J connectivity index is 1.99. The predicted octanol–water partition coefficient (Wildman–Crippen LogP) is 2.85. The number of methoxy groups -OCH3 is 1. The van der Waals surface area contributed by atoms with Crippen LogP contribution >= 0.6 is 11.3 Å². The van der Waals surface area contributed by atoms with Crippen molar-refractivity contribution in [3.8, 4) is 17.0 Å². The SMILES string of the molecule is COc1ccc(C)cc1-c1nc(N2CCNCC2)sc1C. The van der Waals surface area contributed by atoms with E-state index in [0.717, 1.165) is 48.3 Å². The predicted molar refractivity (Wildman–Crippen MR) is 88.7 cm³/mol. The molecule has 0 unspecified atom stereocenters. The molecule has 0 spiro atoms. The smallest absolute Gasteiger partial charge is 0.186 e. The zero-order valence-corrected chi connectivity index (χ0v) is 13.6. The minimum Gasteiger partial charge on any atom is -0.496 e. The number of ether oxygens (including phenoxy) is 1. The van der Waals surface area contributed by atoms with Crippen molar-refractivity contribution >= 4 is 16.5 Å². The van der Waals surface area contributed by atoms with Crippen molar-refractivity contribution < 1.29 is 4.74 Å². The van der Waals surface area contributed by atoms with Crippen LogP contribution in [0.15, 0.2) is 18.2 Å². The van der Waals surface area contributed by atoms with E-state index < -0.39 is 0 Å². The van der Waals surface area contributed by atoms with Crippen molar-refractivity contribution in [3.63, 3.8) is 0 Å². The van der Waals surface area contributed by atoms with Gasteiger partial charge in [-0.2, -0.15) is 0 Å². The van der Waals surface area contributed by atoms with Crippen LogP contribution in [-0.4, -0.2) is 38.3 Å². The molecule has 4 nitrogen and oxygen atoms in total. The zero-order valence-electron chi connectivity index (χ0n) is 12.8. The van der Waals surface area contributed by atoms with Crippen molar-refractivity contribution in [2.45, 2.75) is 13.8 Å². The van der Waals surface area contributed by atoms with Gasteiger partial charge >= 0.3 is 0 Å². The molecule has 0 atom stereocenters. The van der Waals surface area contributed by atoms with Crippen LogP contribution in [0.25, 0.3) is 11.3 Å². The topological polar surface area (TPSA) is 37.4 Å². The molecule has 1 aliphatic rings. The number of aryl methyl sites for hydroxylation is 2. The van der Waals surface area contributed by atoms with Crippen LogP contribution in [0.5, 0.6) is 5.75 Å². The van der Waals surface area contributed by atoms with E-state index in [9.17, 15) is 0 Å². The highest BCUT2D eigenvalue weighted by Gasteiger charge is 2.19. The van der Waals surface area contributed by atoms with Gasteiger partial charge in [-0.1, -0.05) is 11.6 Å². The third-order valence-electron chi connectivity index (χ3n) is 3.78. The molecule has 0 amide bonds. The highest BCUT2D eigenvalue weighted by atomic mass is 32.1. The second-order valence-electron chi connectivity index (χ2n) is 5.34. The van der Waals surface area contributed by atoms with Crippen LogP contribution in [0.2, 0.25) is 0 Å². The standard InChI is InChI=1S/C16H21N3OS/c1-11-4-5-14(20-3)13(10-11)15-12(2)21-16(18-15)19-8-6-17-7-9-19/h4-5,10,17H,6-9H2,1-3H3. The first-order chi connectivity index (χ1) is 10.2. The number of nitrogens with one attached hydrogen (secondary N) is 1. The maximum atomic E-state index is 5.51. The van der Waals surface area contributed by atoms with Gasteiger partial charge in [0.05, 0.1) is 12.8 Å². The lowest BCUT2D eigenvalue weighted by molar-refractivity contribution is 0.416. The second kappa shape index (κ2) is 6.03. The molecule has 1 aromatic heterocycles. The summed E-state index contributed by atoms with van der Waals surface area (Å²) in [6.45, 7) is 8.35. The van der Waals surface area contributed by atoms with Gasteiger partial charge in [-0.15, -0.1) is 11.3 Å². The third-order valence-corrected chi connectivity index (χ3v) is 4.81. The number of nitrogens with zero attached hydrogens (tertiary/aromatic N) is 2. The fourth-order valence-corrected chi connectivity index (χ4v) is 3.61. The molecule has 3 rings (SSSR count). The monoisotopic (exact) mass is 303 g/mol. The van der Waals surface area contributed by atoms with Gasteiger partial charge in [0.1, 0.15) is 5.75 Å². The van der Waals surface area contributed by atoms with Gasteiger partial charge < -0.3 is 15.0 Å². The molecule has 0 aliphatic carbocycles. The molecular formula is C16H21N3OS. The number of piperazine rings is 1. The Hall–Kier alpha value is -1.59. The number of hydrogen-bond donors (Lipinski definition) is 1. The number of thiazole rings is 1. The Morgan fingerprint density at radius 1 is 1.24 bits per heavy atom. The van der Waals surface area contributed by atoms with E-state index >= 15 is 0 Å². The van der Waals surface area contributed by atoms with Crippen molar-refractivity contribution in [2.75, 3.05) is 38.2 Å². The number of hydrogen-bond acceptors (Lipinski definition) is 5. The number of benzene rings is 1. The summed E-state index contributed by atoms with van der Waals surface area (Å²) in [7, 11) is 1.72. The summed E-state index contributed by atoms with van der Waals surface area (Å²) in [5.74, 6) is 0.890. The minimum atomic E-state index is 0.890. The number of rotatable bonds is 3. The maximum absolute atomic E-state index is 5.51. The summed E-state index contributed by atoms with van der Waals surface area (Å²) in [5.41, 5.74) is 3.36. The summed E-state index contributed by atoms with van der Waals surface area (Å²) in [5, 5.41) is 4.50. The van der Waals surface area contributed by atoms with Crippen molar-refractivity contribution in [2.24, 2.45) is 0 Å². The largest absolute Gasteiger partial charge is 0.496 e. The van der Waals surface area contributed by atoms with E-state index in [-0.39, 0.29) is 0 Å². The third kappa shape index (κ3) is 2.89. The van der Waals surface area contributed by atoms with Crippen molar-refractivity contribution in [1.29, 1.82) is 0 Å². The van der Waals surface area contributed by atoms with Crippen LogP contribution in [0, 0.1) is 13.8 Å². The molecule has 1 saturated heterocycles. The van der Waals surface area contributed by atoms with E-state index in [2.05, 4.69) is 36.2 Å². The molecule has 5 heteroatoms. The molecule has 1 fully saturated rings. The van der Waals surface area contributed by atoms with Gasteiger partial charge in [0.15, 0.2) is 5.13 Å². The van der Waals surface area contributed by atoms with Crippen molar-refractivity contribution in [1.82, 2.24) is 10.3 Å². The molecule has 1 aromatic carbocycles. The summed E-state index contributed by atoms with van der Waals surface area (Å²) < 4.78 is 5.51. The van der Waals surface area contributed by atoms with Gasteiger partial charge in [0.2, 0.25) is 0 Å². The molecule has 0 saturated carbocycles. The van der Waals surface area contributed by atoms with Crippen LogP contribution < -0.4 is 15.0 Å². The van der Waals surface area contributed by atoms with Crippen LogP contribution in [0.4, 0.5) is 5.13 Å². The van der Waals surface area contributed by atoms with Crippen molar-refractivity contribution in [3.05, 3.63) is 28.6 Å². The van der Waals surface area contributed by atoms with Gasteiger partial charge in [-0.3, -0.25) is 0 Å². The Morgan fingerprint density at radius 3 is 2.71 bits per heavy atom. The molecule has 0 bridgehead atoms. The summed E-state index contributed by atoms with van der Waals surface area (Å²) in [6, 6.07) is 6.25.